The number of unbranched alkanes of at least 4 members (excludes halogenated alkanes) is 1. The Labute approximate surface area is 208 Å². The van der Waals surface area contributed by atoms with Gasteiger partial charge >= 0.3 is 0 Å². The fourth-order valence-electron chi connectivity index (χ4n) is 4.59. The van der Waals surface area contributed by atoms with Crippen molar-refractivity contribution in [1.82, 2.24) is 4.90 Å². The Kier molecular flexibility index (Phi) is 8.12. The van der Waals surface area contributed by atoms with Crippen LogP contribution in [0.15, 0.2) is 115 Å². The van der Waals surface area contributed by atoms with Crippen LogP contribution in [0.4, 0.5) is 0 Å². The third kappa shape index (κ3) is 5.87. The molecule has 4 rings (SSSR count). The number of nitrogens with zero attached hydrogens (tertiary/aromatic N) is 1. The summed E-state index contributed by atoms with van der Waals surface area (Å²) < 4.78 is 0. The van der Waals surface area contributed by atoms with E-state index in [2.05, 4.69) is 6.92 Å². The molecule has 1 atom stereocenters. The number of carbonyl (C=O) groups excluding carboxylic acids is 1. The summed E-state index contributed by atoms with van der Waals surface area (Å²) in [6, 6.07) is 37.4. The molecule has 0 saturated carbocycles. The van der Waals surface area contributed by atoms with Gasteiger partial charge in [0, 0.05) is 24.2 Å². The molecule has 3 nitrogen and oxygen atoms in total. The largest absolute Gasteiger partial charge is 0.380 e. The lowest BCUT2D eigenvalue weighted by atomic mass is 9.79. The minimum absolute atomic E-state index is 0.0841. The van der Waals surface area contributed by atoms with Gasteiger partial charge in [-0.2, -0.15) is 0 Å². The molecule has 0 aliphatic heterocycles. The Morgan fingerprint density at radius 3 is 1.74 bits per heavy atom. The number of carbonyl (C=O) groups is 1. The fourth-order valence-corrected chi connectivity index (χ4v) is 4.59. The quantitative estimate of drug-likeness (QED) is 0.276. The second-order valence-corrected chi connectivity index (χ2v) is 9.01. The van der Waals surface area contributed by atoms with Crippen LogP contribution < -0.4 is 0 Å². The van der Waals surface area contributed by atoms with E-state index >= 15 is 0 Å². The molecular weight excluding hydrogens is 430 g/mol. The summed E-state index contributed by atoms with van der Waals surface area (Å²) in [5.41, 5.74) is 2.91. The van der Waals surface area contributed by atoms with Crippen molar-refractivity contribution in [3.05, 3.63) is 143 Å². The molecule has 178 valence electrons. The maximum absolute atomic E-state index is 14.1. The van der Waals surface area contributed by atoms with Gasteiger partial charge in [-0.05, 0) is 29.2 Å². The third-order valence-corrected chi connectivity index (χ3v) is 6.47. The Balaban J connectivity index is 1.76. The van der Waals surface area contributed by atoms with Crippen LogP contribution in [0.5, 0.6) is 0 Å². The topological polar surface area (TPSA) is 40.5 Å². The van der Waals surface area contributed by atoms with E-state index < -0.39 is 5.60 Å². The first kappa shape index (κ1) is 24.4. The van der Waals surface area contributed by atoms with E-state index in [-0.39, 0.29) is 5.91 Å². The van der Waals surface area contributed by atoms with Crippen molar-refractivity contribution in [1.29, 1.82) is 0 Å². The predicted molar refractivity (Wildman–Crippen MR) is 142 cm³/mol. The van der Waals surface area contributed by atoms with Gasteiger partial charge in [0.05, 0.1) is 0 Å². The molecule has 0 aliphatic carbocycles. The van der Waals surface area contributed by atoms with Crippen molar-refractivity contribution in [3.63, 3.8) is 0 Å². The molecule has 0 radical (unpaired) electrons. The number of amides is 1. The van der Waals surface area contributed by atoms with Gasteiger partial charge in [0.15, 0.2) is 0 Å². The van der Waals surface area contributed by atoms with Gasteiger partial charge in [-0.3, -0.25) is 4.79 Å². The van der Waals surface area contributed by atoms with Gasteiger partial charge in [-0.15, -0.1) is 0 Å². The summed E-state index contributed by atoms with van der Waals surface area (Å²) in [4.78, 5) is 16.0. The molecule has 0 aromatic heterocycles. The Hall–Kier alpha value is -3.69. The molecule has 0 fully saturated rings. The highest BCUT2D eigenvalue weighted by Crippen LogP contribution is 2.37. The van der Waals surface area contributed by atoms with Crippen LogP contribution in [-0.4, -0.2) is 15.9 Å². The molecule has 0 aliphatic rings. The highest BCUT2D eigenvalue weighted by molar-refractivity contribution is 5.96. The van der Waals surface area contributed by atoms with Crippen LogP contribution in [0.25, 0.3) is 0 Å². The molecule has 1 unspecified atom stereocenters. The molecule has 35 heavy (non-hydrogen) atoms. The zero-order valence-corrected chi connectivity index (χ0v) is 20.3. The van der Waals surface area contributed by atoms with Crippen molar-refractivity contribution < 1.29 is 9.90 Å². The number of hydrogen-bond donors (Lipinski definition) is 1. The van der Waals surface area contributed by atoms with Gasteiger partial charge in [0.1, 0.15) is 5.60 Å². The maximum Gasteiger partial charge on any atom is 0.254 e. The van der Waals surface area contributed by atoms with E-state index in [0.717, 1.165) is 29.5 Å². The first-order chi connectivity index (χ1) is 17.1. The van der Waals surface area contributed by atoms with Crippen molar-refractivity contribution in [2.75, 3.05) is 0 Å². The molecule has 3 heteroatoms. The van der Waals surface area contributed by atoms with Crippen LogP contribution in [-0.2, 0) is 18.7 Å². The average Bonchev–Trinajstić information content (AvgIpc) is 2.92. The van der Waals surface area contributed by atoms with Crippen LogP contribution in [0.1, 0.15) is 58.8 Å². The molecule has 4 aromatic carbocycles. The fraction of sp³-hybridized carbons (Fsp3) is 0.219. The summed E-state index contributed by atoms with van der Waals surface area (Å²) in [6.45, 7) is 3.09. The molecule has 1 amide bonds. The van der Waals surface area contributed by atoms with Crippen LogP contribution in [0, 0.1) is 0 Å². The Bertz CT molecular complexity index is 1170. The van der Waals surface area contributed by atoms with E-state index in [0.29, 0.717) is 30.6 Å². The van der Waals surface area contributed by atoms with Crippen molar-refractivity contribution in [3.8, 4) is 0 Å². The first-order valence-corrected chi connectivity index (χ1v) is 12.4. The lowest BCUT2D eigenvalue weighted by Crippen LogP contribution is -2.35. The number of benzene rings is 4. The van der Waals surface area contributed by atoms with Crippen LogP contribution in [0.2, 0.25) is 0 Å². The van der Waals surface area contributed by atoms with E-state index in [4.69, 9.17) is 0 Å². The smallest absolute Gasteiger partial charge is 0.254 e. The monoisotopic (exact) mass is 463 g/mol. The zero-order chi connectivity index (χ0) is 24.5. The minimum Gasteiger partial charge on any atom is -0.380 e. The van der Waals surface area contributed by atoms with Crippen LogP contribution in [0.3, 0.4) is 0 Å². The third-order valence-electron chi connectivity index (χ3n) is 6.47. The van der Waals surface area contributed by atoms with Gasteiger partial charge in [0.2, 0.25) is 0 Å². The van der Waals surface area contributed by atoms with E-state index in [1.165, 1.54) is 0 Å². The summed E-state index contributed by atoms with van der Waals surface area (Å²) >= 11 is 0. The van der Waals surface area contributed by atoms with Crippen LogP contribution >= 0.6 is 0 Å². The Morgan fingerprint density at radius 1 is 0.714 bits per heavy atom. The number of rotatable bonds is 10. The van der Waals surface area contributed by atoms with Gasteiger partial charge in [0.25, 0.3) is 5.91 Å². The molecule has 4 aromatic rings. The molecule has 0 heterocycles. The van der Waals surface area contributed by atoms with Crippen molar-refractivity contribution >= 4 is 5.91 Å². The molecule has 0 saturated heterocycles. The standard InChI is InChI=1S/C32H33NO2/c1-2-3-23-32(35,28-19-11-6-12-20-28)30-22-14-13-21-29(30)31(34)33(24-26-15-7-4-8-16-26)25-27-17-9-5-10-18-27/h4-22,35H,2-3,23-25H2,1H3. The van der Waals surface area contributed by atoms with E-state index in [9.17, 15) is 9.90 Å². The van der Waals surface area contributed by atoms with E-state index in [1.807, 2.05) is 120 Å². The molecule has 1 N–H and O–H groups in total. The highest BCUT2D eigenvalue weighted by Gasteiger charge is 2.35. The van der Waals surface area contributed by atoms with E-state index in [1.54, 1.807) is 0 Å². The molecule has 0 bridgehead atoms. The lowest BCUT2D eigenvalue weighted by Gasteiger charge is -2.32. The average molecular weight is 464 g/mol. The summed E-state index contributed by atoms with van der Waals surface area (Å²) in [6.07, 6.45) is 2.36. The SMILES string of the molecule is CCCCC(O)(c1ccccc1)c1ccccc1C(=O)N(Cc1ccccc1)Cc1ccccc1. The van der Waals surface area contributed by atoms with Crippen molar-refractivity contribution in [2.24, 2.45) is 0 Å². The minimum atomic E-state index is -1.24. The Morgan fingerprint density at radius 2 is 1.20 bits per heavy atom. The normalized spacial score (nSPS) is 12.6. The first-order valence-electron chi connectivity index (χ1n) is 12.4. The zero-order valence-electron chi connectivity index (χ0n) is 20.3. The molecular formula is C32H33NO2. The number of hydrogen-bond acceptors (Lipinski definition) is 2. The highest BCUT2D eigenvalue weighted by atomic mass is 16.3. The predicted octanol–water partition coefficient (Wildman–Crippen LogP) is 6.96. The lowest BCUT2D eigenvalue weighted by molar-refractivity contribution is 0.0610. The maximum atomic E-state index is 14.1. The summed E-state index contributed by atoms with van der Waals surface area (Å²) in [5, 5.41) is 12.1. The number of aliphatic hydroxyl groups is 1. The van der Waals surface area contributed by atoms with Gasteiger partial charge < -0.3 is 10.0 Å². The summed E-state index contributed by atoms with van der Waals surface area (Å²) in [7, 11) is 0. The second kappa shape index (κ2) is 11.6. The van der Waals surface area contributed by atoms with Gasteiger partial charge in [-0.25, -0.2) is 0 Å². The molecule has 0 spiro atoms. The summed E-state index contributed by atoms with van der Waals surface area (Å²) in [5.74, 6) is -0.0841. The van der Waals surface area contributed by atoms with Crippen molar-refractivity contribution in [2.45, 2.75) is 44.9 Å². The van der Waals surface area contributed by atoms with Gasteiger partial charge in [-0.1, -0.05) is 129 Å². The second-order valence-electron chi connectivity index (χ2n) is 9.01.